The van der Waals surface area contributed by atoms with E-state index in [1.165, 1.54) is 4.90 Å². The van der Waals surface area contributed by atoms with Gasteiger partial charge in [0.1, 0.15) is 6.10 Å². The molecular formula is C14H17NO3. The molecule has 1 aliphatic heterocycles. The predicted octanol–water partition coefficient (Wildman–Crippen LogP) is 0.695. The maximum Gasteiger partial charge on any atom is 0.254 e. The van der Waals surface area contributed by atoms with Crippen molar-refractivity contribution in [3.05, 3.63) is 48.6 Å². The molecule has 1 amide bonds. The first-order valence-corrected chi connectivity index (χ1v) is 5.96. The second-order valence-electron chi connectivity index (χ2n) is 4.48. The lowest BCUT2D eigenvalue weighted by Crippen LogP contribution is -2.36. The van der Waals surface area contributed by atoms with Crippen molar-refractivity contribution in [1.29, 1.82) is 0 Å². The lowest BCUT2D eigenvalue weighted by Gasteiger charge is -2.25. The molecule has 1 aromatic rings. The first-order chi connectivity index (χ1) is 8.65. The smallest absolute Gasteiger partial charge is 0.254 e. The predicted molar refractivity (Wildman–Crippen MR) is 67.6 cm³/mol. The van der Waals surface area contributed by atoms with Gasteiger partial charge in [-0.2, -0.15) is 0 Å². The molecule has 2 N–H and O–H groups in total. The highest BCUT2D eigenvalue weighted by molar-refractivity contribution is 5.84. The Morgan fingerprint density at radius 2 is 1.94 bits per heavy atom. The summed E-state index contributed by atoms with van der Waals surface area (Å²) in [5, 5.41) is 19.5. The van der Waals surface area contributed by atoms with Crippen molar-refractivity contribution in [1.82, 2.24) is 4.90 Å². The van der Waals surface area contributed by atoms with Crippen molar-refractivity contribution in [2.24, 2.45) is 0 Å². The van der Waals surface area contributed by atoms with Crippen LogP contribution in [0.5, 0.6) is 0 Å². The summed E-state index contributed by atoms with van der Waals surface area (Å²) in [6.45, 7) is 4.01. The maximum absolute atomic E-state index is 11.9. The quantitative estimate of drug-likeness (QED) is 0.770. The maximum atomic E-state index is 11.9. The molecule has 1 heterocycles. The van der Waals surface area contributed by atoms with Gasteiger partial charge in [0.05, 0.1) is 6.04 Å². The Bertz CT molecular complexity index is 432. The number of carbonyl (C=O) groups excluding carboxylic acids is 1. The second-order valence-corrected chi connectivity index (χ2v) is 4.48. The highest BCUT2D eigenvalue weighted by Crippen LogP contribution is 2.25. The van der Waals surface area contributed by atoms with E-state index in [0.29, 0.717) is 13.0 Å². The van der Waals surface area contributed by atoms with E-state index >= 15 is 0 Å². The molecule has 0 saturated carbocycles. The number of benzene rings is 1. The number of hydrogen-bond acceptors (Lipinski definition) is 3. The fraction of sp³-hybridized carbons (Fsp3) is 0.357. The second kappa shape index (κ2) is 5.33. The monoisotopic (exact) mass is 247 g/mol. The van der Waals surface area contributed by atoms with Gasteiger partial charge >= 0.3 is 0 Å². The van der Waals surface area contributed by atoms with Crippen LogP contribution in [0.4, 0.5) is 0 Å². The van der Waals surface area contributed by atoms with Crippen LogP contribution < -0.4 is 0 Å². The summed E-state index contributed by atoms with van der Waals surface area (Å²) >= 11 is 0. The Morgan fingerprint density at radius 1 is 1.28 bits per heavy atom. The molecule has 0 aromatic heterocycles. The van der Waals surface area contributed by atoms with E-state index < -0.39 is 24.2 Å². The molecule has 96 valence electrons. The number of nitrogens with zero attached hydrogens (tertiary/aromatic N) is 1. The third kappa shape index (κ3) is 2.30. The molecule has 0 aliphatic carbocycles. The lowest BCUT2D eigenvalue weighted by molar-refractivity contribution is -0.136. The van der Waals surface area contributed by atoms with Crippen LogP contribution in [0.1, 0.15) is 12.0 Å². The summed E-state index contributed by atoms with van der Waals surface area (Å²) in [5.41, 5.74) is 0.973. The van der Waals surface area contributed by atoms with E-state index in [2.05, 4.69) is 6.58 Å². The molecule has 4 heteroatoms. The van der Waals surface area contributed by atoms with E-state index in [1.54, 1.807) is 6.08 Å². The van der Waals surface area contributed by atoms with Crippen LogP contribution in [0.3, 0.4) is 0 Å². The van der Waals surface area contributed by atoms with Gasteiger partial charge in [-0.05, 0) is 12.0 Å². The number of aliphatic hydroxyl groups is 2. The Hall–Kier alpha value is -1.65. The minimum atomic E-state index is -1.32. The fourth-order valence-electron chi connectivity index (χ4n) is 2.29. The van der Waals surface area contributed by atoms with Crippen LogP contribution in [-0.4, -0.2) is 39.3 Å². The van der Waals surface area contributed by atoms with Gasteiger partial charge in [-0.3, -0.25) is 4.79 Å². The summed E-state index contributed by atoms with van der Waals surface area (Å²) in [6.07, 6.45) is -0.244. The Morgan fingerprint density at radius 3 is 2.56 bits per heavy atom. The number of carbonyl (C=O) groups is 1. The number of aliphatic hydroxyl groups excluding tert-OH is 2. The first kappa shape index (κ1) is 12.8. The normalized spacial score (nSPS) is 27.6. The largest absolute Gasteiger partial charge is 0.388 e. The van der Waals surface area contributed by atoms with Crippen molar-refractivity contribution < 1.29 is 15.0 Å². The van der Waals surface area contributed by atoms with Gasteiger partial charge < -0.3 is 15.1 Å². The summed E-state index contributed by atoms with van der Waals surface area (Å²) < 4.78 is 0. The molecule has 1 saturated heterocycles. The molecule has 1 aromatic carbocycles. The van der Waals surface area contributed by atoms with Gasteiger partial charge in [0.25, 0.3) is 5.91 Å². The van der Waals surface area contributed by atoms with E-state index in [9.17, 15) is 15.0 Å². The number of hydrogen-bond donors (Lipinski definition) is 2. The summed E-state index contributed by atoms with van der Waals surface area (Å²) in [6, 6.07) is 9.12. The standard InChI is InChI=1S/C14H17NO3/c1-2-6-11-12(16)13(17)14(18)15(11)9-10-7-4-3-5-8-10/h2-5,7-8,11-13,16-17H,1,6,9H2. The average molecular weight is 247 g/mol. The molecule has 3 unspecified atom stereocenters. The molecule has 0 spiro atoms. The zero-order chi connectivity index (χ0) is 13.1. The lowest BCUT2D eigenvalue weighted by atomic mass is 10.1. The highest BCUT2D eigenvalue weighted by Gasteiger charge is 2.45. The zero-order valence-electron chi connectivity index (χ0n) is 10.1. The molecule has 1 aliphatic rings. The van der Waals surface area contributed by atoms with Crippen LogP contribution in [0, 0.1) is 0 Å². The first-order valence-electron chi connectivity index (χ1n) is 5.96. The van der Waals surface area contributed by atoms with Gasteiger partial charge in [0, 0.05) is 6.54 Å². The van der Waals surface area contributed by atoms with Crippen molar-refractivity contribution >= 4 is 5.91 Å². The number of likely N-dealkylation sites (tertiary alicyclic amines) is 1. The third-order valence-corrected chi connectivity index (χ3v) is 3.26. The summed E-state index contributed by atoms with van der Waals surface area (Å²) in [7, 11) is 0. The van der Waals surface area contributed by atoms with E-state index in [1.807, 2.05) is 30.3 Å². The average Bonchev–Trinajstić information content (AvgIpc) is 2.58. The highest BCUT2D eigenvalue weighted by atomic mass is 16.3. The van der Waals surface area contributed by atoms with E-state index in [4.69, 9.17) is 0 Å². The van der Waals surface area contributed by atoms with Gasteiger partial charge in [-0.1, -0.05) is 36.4 Å². The topological polar surface area (TPSA) is 60.8 Å². The van der Waals surface area contributed by atoms with Crippen LogP contribution in [0.2, 0.25) is 0 Å². The Labute approximate surface area is 106 Å². The van der Waals surface area contributed by atoms with E-state index in [0.717, 1.165) is 5.56 Å². The van der Waals surface area contributed by atoms with Crippen LogP contribution in [-0.2, 0) is 11.3 Å². The van der Waals surface area contributed by atoms with Gasteiger partial charge in [0.2, 0.25) is 0 Å². The van der Waals surface area contributed by atoms with Crippen molar-refractivity contribution in [2.45, 2.75) is 31.2 Å². The van der Waals surface area contributed by atoms with Crippen molar-refractivity contribution in [2.75, 3.05) is 0 Å². The molecule has 1 fully saturated rings. The van der Waals surface area contributed by atoms with Gasteiger partial charge in [-0.15, -0.1) is 6.58 Å². The van der Waals surface area contributed by atoms with Crippen LogP contribution >= 0.6 is 0 Å². The van der Waals surface area contributed by atoms with E-state index in [-0.39, 0.29) is 0 Å². The summed E-state index contributed by atoms with van der Waals surface area (Å²) in [5.74, 6) is -0.418. The Balaban J connectivity index is 2.18. The fourth-order valence-corrected chi connectivity index (χ4v) is 2.29. The van der Waals surface area contributed by atoms with Crippen molar-refractivity contribution in [3.8, 4) is 0 Å². The minimum absolute atomic E-state index is 0.395. The molecule has 3 atom stereocenters. The third-order valence-electron chi connectivity index (χ3n) is 3.26. The van der Waals surface area contributed by atoms with Crippen LogP contribution in [0.15, 0.2) is 43.0 Å². The molecule has 2 rings (SSSR count). The molecular weight excluding hydrogens is 230 g/mol. The number of rotatable bonds is 4. The molecule has 18 heavy (non-hydrogen) atoms. The van der Waals surface area contributed by atoms with Crippen LogP contribution in [0.25, 0.3) is 0 Å². The molecule has 0 radical (unpaired) electrons. The zero-order valence-corrected chi connectivity index (χ0v) is 10.1. The van der Waals surface area contributed by atoms with Crippen molar-refractivity contribution in [3.63, 3.8) is 0 Å². The summed E-state index contributed by atoms with van der Waals surface area (Å²) in [4.78, 5) is 13.4. The number of amides is 1. The molecule has 0 bridgehead atoms. The SMILES string of the molecule is C=CCC1C(O)C(O)C(=O)N1Cc1ccccc1. The Kier molecular flexibility index (Phi) is 3.79. The van der Waals surface area contributed by atoms with Gasteiger partial charge in [-0.25, -0.2) is 0 Å². The minimum Gasteiger partial charge on any atom is -0.388 e. The molecule has 4 nitrogen and oxygen atoms in total. The van der Waals surface area contributed by atoms with Gasteiger partial charge in [0.15, 0.2) is 6.10 Å².